The summed E-state index contributed by atoms with van der Waals surface area (Å²) in [5.41, 5.74) is 0. The Morgan fingerprint density at radius 3 is 1.65 bits per heavy atom. The standard InChI is InChI=1S/C9H16O2.C5H10O/c1-4-5-9(11)6-7(2)8(3)10;1-3-4-5(2)6/h7H,4-6H2,1-3H3;3-4H2,1-2H3. The van der Waals surface area contributed by atoms with E-state index in [2.05, 4.69) is 0 Å². The molecule has 17 heavy (non-hydrogen) atoms. The average Bonchev–Trinajstić information content (AvgIpc) is 2.18. The maximum absolute atomic E-state index is 11.0. The molecule has 0 rings (SSSR count). The van der Waals surface area contributed by atoms with E-state index in [-0.39, 0.29) is 23.3 Å². The third kappa shape index (κ3) is 15.0. The normalized spacial score (nSPS) is 11.1. The van der Waals surface area contributed by atoms with Gasteiger partial charge in [-0.15, -0.1) is 0 Å². The minimum Gasteiger partial charge on any atom is -0.300 e. The number of carbonyl (C=O) groups excluding carboxylic acids is 3. The van der Waals surface area contributed by atoms with E-state index < -0.39 is 0 Å². The number of rotatable bonds is 7. The van der Waals surface area contributed by atoms with Gasteiger partial charge in [0.25, 0.3) is 0 Å². The Balaban J connectivity index is 0. The summed E-state index contributed by atoms with van der Waals surface area (Å²) in [6.45, 7) is 8.92. The van der Waals surface area contributed by atoms with Crippen LogP contribution in [0.2, 0.25) is 0 Å². The van der Waals surface area contributed by atoms with Crippen LogP contribution in [-0.4, -0.2) is 17.3 Å². The Morgan fingerprint density at radius 1 is 0.941 bits per heavy atom. The van der Waals surface area contributed by atoms with Crippen LogP contribution in [0, 0.1) is 5.92 Å². The summed E-state index contributed by atoms with van der Waals surface area (Å²) in [6, 6.07) is 0. The Bertz CT molecular complexity index is 244. The number of carbonyl (C=O) groups is 3. The average molecular weight is 242 g/mol. The predicted molar refractivity (Wildman–Crippen MR) is 70.0 cm³/mol. The van der Waals surface area contributed by atoms with Crippen LogP contribution in [0.15, 0.2) is 0 Å². The van der Waals surface area contributed by atoms with Crippen molar-refractivity contribution >= 4 is 17.3 Å². The maximum Gasteiger partial charge on any atom is 0.133 e. The molecule has 0 aliphatic carbocycles. The summed E-state index contributed by atoms with van der Waals surface area (Å²) in [4.78, 5) is 31.8. The van der Waals surface area contributed by atoms with E-state index >= 15 is 0 Å². The molecule has 3 nitrogen and oxygen atoms in total. The van der Waals surface area contributed by atoms with Gasteiger partial charge in [0, 0.05) is 25.2 Å². The number of ketones is 3. The molecule has 0 N–H and O–H groups in total. The first-order chi connectivity index (χ1) is 7.84. The van der Waals surface area contributed by atoms with Crippen LogP contribution >= 0.6 is 0 Å². The maximum atomic E-state index is 11.0. The van der Waals surface area contributed by atoms with Crippen LogP contribution in [0.25, 0.3) is 0 Å². The van der Waals surface area contributed by atoms with E-state index in [4.69, 9.17) is 0 Å². The van der Waals surface area contributed by atoms with Gasteiger partial charge < -0.3 is 4.79 Å². The van der Waals surface area contributed by atoms with Crippen molar-refractivity contribution in [3.05, 3.63) is 0 Å². The third-order valence-electron chi connectivity index (χ3n) is 2.36. The van der Waals surface area contributed by atoms with E-state index in [1.807, 2.05) is 13.8 Å². The van der Waals surface area contributed by atoms with E-state index in [1.165, 1.54) is 6.92 Å². The van der Waals surface area contributed by atoms with Crippen LogP contribution in [0.3, 0.4) is 0 Å². The summed E-state index contributed by atoms with van der Waals surface area (Å²) < 4.78 is 0. The van der Waals surface area contributed by atoms with Crippen LogP contribution in [0.1, 0.15) is 66.7 Å². The van der Waals surface area contributed by atoms with Gasteiger partial charge in [-0.2, -0.15) is 0 Å². The molecule has 100 valence electrons. The third-order valence-corrected chi connectivity index (χ3v) is 2.36. The molecule has 0 aliphatic rings. The smallest absolute Gasteiger partial charge is 0.133 e. The number of Topliss-reactive ketones (excluding diaryl/α,β-unsaturated/α-hetero) is 3. The van der Waals surface area contributed by atoms with Gasteiger partial charge in [0.2, 0.25) is 0 Å². The second-order valence-corrected chi connectivity index (χ2v) is 4.46. The fourth-order valence-corrected chi connectivity index (χ4v) is 1.22. The van der Waals surface area contributed by atoms with E-state index in [0.29, 0.717) is 12.8 Å². The molecule has 0 spiro atoms. The summed E-state index contributed by atoms with van der Waals surface area (Å²) in [5, 5.41) is 0. The van der Waals surface area contributed by atoms with Gasteiger partial charge in [0.05, 0.1) is 0 Å². The topological polar surface area (TPSA) is 51.2 Å². The van der Waals surface area contributed by atoms with Crippen LogP contribution in [0.5, 0.6) is 0 Å². The van der Waals surface area contributed by atoms with E-state index in [9.17, 15) is 14.4 Å². The lowest BCUT2D eigenvalue weighted by atomic mass is 9.99. The molecule has 0 radical (unpaired) electrons. The lowest BCUT2D eigenvalue weighted by Crippen LogP contribution is -2.11. The number of hydrogen-bond donors (Lipinski definition) is 0. The minimum absolute atomic E-state index is 0.0888. The fourth-order valence-electron chi connectivity index (χ4n) is 1.22. The lowest BCUT2D eigenvalue weighted by molar-refractivity contribution is -0.126. The Morgan fingerprint density at radius 2 is 1.41 bits per heavy atom. The second kappa shape index (κ2) is 11.5. The molecule has 0 saturated carbocycles. The molecule has 3 heteroatoms. The molecule has 0 bridgehead atoms. The van der Waals surface area contributed by atoms with E-state index in [1.54, 1.807) is 13.8 Å². The van der Waals surface area contributed by atoms with E-state index in [0.717, 1.165) is 19.3 Å². The minimum atomic E-state index is -0.0888. The molecule has 0 amide bonds. The monoisotopic (exact) mass is 242 g/mol. The zero-order valence-electron chi connectivity index (χ0n) is 11.8. The SMILES string of the molecule is CCCC(=O)CC(C)C(C)=O.CCCC(C)=O. The molecule has 0 aromatic carbocycles. The van der Waals surface area contributed by atoms with Crippen LogP contribution < -0.4 is 0 Å². The lowest BCUT2D eigenvalue weighted by Gasteiger charge is -2.04. The number of hydrogen-bond acceptors (Lipinski definition) is 3. The molecule has 0 aromatic rings. The highest BCUT2D eigenvalue weighted by atomic mass is 16.1. The Kier molecular flexibility index (Phi) is 12.4. The van der Waals surface area contributed by atoms with Crippen molar-refractivity contribution in [2.75, 3.05) is 0 Å². The van der Waals surface area contributed by atoms with Crippen LogP contribution in [0.4, 0.5) is 0 Å². The highest BCUT2D eigenvalue weighted by Crippen LogP contribution is 2.06. The fraction of sp³-hybridized carbons (Fsp3) is 0.786. The van der Waals surface area contributed by atoms with Crippen molar-refractivity contribution in [1.29, 1.82) is 0 Å². The van der Waals surface area contributed by atoms with Crippen molar-refractivity contribution in [3.8, 4) is 0 Å². The molecule has 0 fully saturated rings. The summed E-state index contributed by atoms with van der Waals surface area (Å²) >= 11 is 0. The second-order valence-electron chi connectivity index (χ2n) is 4.46. The highest BCUT2D eigenvalue weighted by molar-refractivity contribution is 5.86. The summed E-state index contributed by atoms with van der Waals surface area (Å²) in [7, 11) is 0. The predicted octanol–water partition coefficient (Wildman–Crippen LogP) is 3.35. The van der Waals surface area contributed by atoms with Gasteiger partial charge in [-0.05, 0) is 26.7 Å². The van der Waals surface area contributed by atoms with Crippen LogP contribution in [-0.2, 0) is 14.4 Å². The van der Waals surface area contributed by atoms with Gasteiger partial charge in [-0.1, -0.05) is 20.8 Å². The quantitative estimate of drug-likeness (QED) is 0.688. The highest BCUT2D eigenvalue weighted by Gasteiger charge is 2.11. The van der Waals surface area contributed by atoms with Gasteiger partial charge in [-0.25, -0.2) is 0 Å². The largest absolute Gasteiger partial charge is 0.300 e. The zero-order chi connectivity index (χ0) is 13.8. The first kappa shape index (κ1) is 18.4. The molecule has 0 aromatic heterocycles. The molecule has 1 atom stereocenters. The van der Waals surface area contributed by atoms with Gasteiger partial charge in [0.1, 0.15) is 17.3 Å². The summed E-state index contributed by atoms with van der Waals surface area (Å²) in [5.74, 6) is 0.510. The Hall–Kier alpha value is -0.990. The van der Waals surface area contributed by atoms with Crippen molar-refractivity contribution in [1.82, 2.24) is 0 Å². The zero-order valence-corrected chi connectivity index (χ0v) is 11.8. The summed E-state index contributed by atoms with van der Waals surface area (Å²) in [6.07, 6.45) is 3.62. The van der Waals surface area contributed by atoms with Gasteiger partial charge >= 0.3 is 0 Å². The molecule has 1 unspecified atom stereocenters. The van der Waals surface area contributed by atoms with Gasteiger partial charge in [-0.3, -0.25) is 9.59 Å². The van der Waals surface area contributed by atoms with Crippen molar-refractivity contribution in [2.24, 2.45) is 5.92 Å². The van der Waals surface area contributed by atoms with Crippen molar-refractivity contribution in [3.63, 3.8) is 0 Å². The first-order valence-corrected chi connectivity index (χ1v) is 6.36. The molecule has 0 heterocycles. The van der Waals surface area contributed by atoms with Gasteiger partial charge in [0.15, 0.2) is 0 Å². The van der Waals surface area contributed by atoms with Crippen molar-refractivity contribution in [2.45, 2.75) is 66.7 Å². The van der Waals surface area contributed by atoms with Crippen molar-refractivity contribution < 1.29 is 14.4 Å². The molecule has 0 saturated heterocycles. The first-order valence-electron chi connectivity index (χ1n) is 6.36. The Labute approximate surface area is 105 Å². The molecular weight excluding hydrogens is 216 g/mol. The molecular formula is C14H26O3. The molecule has 0 aliphatic heterocycles.